The van der Waals surface area contributed by atoms with Crippen LogP contribution in [0.15, 0.2) is 66.2 Å². The van der Waals surface area contributed by atoms with Crippen molar-refractivity contribution in [3.8, 4) is 27.1 Å². The van der Waals surface area contributed by atoms with Crippen LogP contribution in [-0.2, 0) is 0 Å². The number of aliphatic imine (C=N–C) groups is 1. The molecule has 0 atom stereocenters. The molecule has 1 N–H and O–H groups in total. The molecule has 9 heteroatoms. The zero-order valence-corrected chi connectivity index (χ0v) is 18.8. The number of hydrogen-bond donors (Lipinski definition) is 1. The monoisotopic (exact) mass is 442 g/mol. The Kier molecular flexibility index (Phi) is 5.24. The summed E-state index contributed by atoms with van der Waals surface area (Å²) < 4.78 is 3.84. The van der Waals surface area contributed by atoms with Gasteiger partial charge in [-0.15, -0.1) is 10.2 Å². The molecule has 5 aromatic rings. The molecule has 0 bridgehead atoms. The number of aromatic nitrogens is 6. The van der Waals surface area contributed by atoms with Crippen molar-refractivity contribution in [3.05, 3.63) is 66.7 Å². The third kappa shape index (κ3) is 3.78. The van der Waals surface area contributed by atoms with Crippen LogP contribution in [-0.4, -0.2) is 48.7 Å². The molecule has 0 saturated heterocycles. The molecule has 8 nitrogen and oxygen atoms in total. The Bertz CT molecular complexity index is 1390. The van der Waals surface area contributed by atoms with Gasteiger partial charge in [0, 0.05) is 49.1 Å². The third-order valence-electron chi connectivity index (χ3n) is 4.88. The Morgan fingerprint density at radius 3 is 2.72 bits per heavy atom. The molecule has 0 aliphatic heterocycles. The second-order valence-corrected chi connectivity index (χ2v) is 8.58. The van der Waals surface area contributed by atoms with Crippen LogP contribution < -0.4 is 5.32 Å². The van der Waals surface area contributed by atoms with Crippen molar-refractivity contribution in [2.24, 2.45) is 4.99 Å². The number of rotatable bonds is 6. The predicted molar refractivity (Wildman–Crippen MR) is 129 cm³/mol. The van der Waals surface area contributed by atoms with E-state index < -0.39 is 0 Å². The van der Waals surface area contributed by atoms with Gasteiger partial charge in [0.15, 0.2) is 5.01 Å². The van der Waals surface area contributed by atoms with Gasteiger partial charge >= 0.3 is 0 Å². The molecular formula is C23H22N8S. The lowest BCUT2D eigenvalue weighted by Gasteiger charge is -2.14. The molecule has 32 heavy (non-hydrogen) atoms. The van der Waals surface area contributed by atoms with Gasteiger partial charge in [-0.2, -0.15) is 5.10 Å². The molecule has 0 unspecified atom stereocenters. The van der Waals surface area contributed by atoms with Crippen LogP contribution in [0.25, 0.3) is 32.6 Å². The fraction of sp³-hybridized carbons (Fsp3) is 0.174. The van der Waals surface area contributed by atoms with E-state index in [0.29, 0.717) is 0 Å². The van der Waals surface area contributed by atoms with Gasteiger partial charge in [0.25, 0.3) is 0 Å². The van der Waals surface area contributed by atoms with Gasteiger partial charge in [-0.05, 0) is 50.2 Å². The van der Waals surface area contributed by atoms with E-state index in [1.165, 1.54) is 11.3 Å². The smallest absolute Gasteiger partial charge is 0.216 e. The van der Waals surface area contributed by atoms with Crippen molar-refractivity contribution in [1.82, 2.24) is 29.4 Å². The summed E-state index contributed by atoms with van der Waals surface area (Å²) in [6, 6.07) is 12.4. The normalized spacial score (nSPS) is 11.8. The summed E-state index contributed by atoms with van der Waals surface area (Å²) in [4.78, 5) is 8.82. The molecule has 160 valence electrons. The lowest BCUT2D eigenvalue weighted by molar-refractivity contribution is 0.898. The minimum Gasteiger partial charge on any atom is -0.382 e. The Labute approximate surface area is 189 Å². The van der Waals surface area contributed by atoms with Crippen LogP contribution in [0.3, 0.4) is 0 Å². The summed E-state index contributed by atoms with van der Waals surface area (Å²) >= 11 is 1.53. The van der Waals surface area contributed by atoms with Crippen LogP contribution in [0.4, 0.5) is 5.69 Å². The number of nitrogens with one attached hydrogen (secondary N) is 1. The Hall–Kier alpha value is -3.85. The highest BCUT2D eigenvalue weighted by atomic mass is 32.1. The van der Waals surface area contributed by atoms with Crippen molar-refractivity contribution in [3.63, 3.8) is 0 Å². The van der Waals surface area contributed by atoms with E-state index in [-0.39, 0.29) is 6.04 Å². The Morgan fingerprint density at radius 2 is 1.94 bits per heavy atom. The molecule has 0 amide bonds. The molecule has 5 aromatic heterocycles. The highest BCUT2D eigenvalue weighted by molar-refractivity contribution is 7.17. The zero-order chi connectivity index (χ0) is 22.1. The maximum atomic E-state index is 4.75. The number of pyridine rings is 1. The predicted octanol–water partition coefficient (Wildman–Crippen LogP) is 4.57. The quantitative estimate of drug-likeness (QED) is 0.389. The second kappa shape index (κ2) is 8.35. The highest BCUT2D eigenvalue weighted by Gasteiger charge is 2.16. The first-order chi connectivity index (χ1) is 15.6. The van der Waals surface area contributed by atoms with E-state index in [9.17, 15) is 0 Å². The summed E-state index contributed by atoms with van der Waals surface area (Å²) in [6.07, 6.45) is 9.37. The third-order valence-corrected chi connectivity index (χ3v) is 5.85. The molecular weight excluding hydrogens is 420 g/mol. The fourth-order valence-corrected chi connectivity index (χ4v) is 4.35. The summed E-state index contributed by atoms with van der Waals surface area (Å²) in [7, 11) is 1.75. The van der Waals surface area contributed by atoms with Gasteiger partial charge in [-0.3, -0.25) is 14.5 Å². The van der Waals surface area contributed by atoms with Gasteiger partial charge < -0.3 is 5.32 Å². The van der Waals surface area contributed by atoms with Crippen LogP contribution in [0, 0.1) is 0 Å². The topological polar surface area (TPSA) is 85.3 Å². The molecule has 0 aliphatic rings. The van der Waals surface area contributed by atoms with Gasteiger partial charge in [-0.1, -0.05) is 11.3 Å². The lowest BCUT2D eigenvalue weighted by atomic mass is 10.1. The molecule has 5 heterocycles. The van der Waals surface area contributed by atoms with E-state index in [1.54, 1.807) is 19.5 Å². The summed E-state index contributed by atoms with van der Waals surface area (Å²) in [5, 5.41) is 18.5. The van der Waals surface area contributed by atoms with Crippen LogP contribution in [0.2, 0.25) is 0 Å². The first-order valence-corrected chi connectivity index (χ1v) is 11.1. The van der Waals surface area contributed by atoms with Crippen molar-refractivity contribution in [1.29, 1.82) is 0 Å². The van der Waals surface area contributed by atoms with Crippen molar-refractivity contribution >= 4 is 28.8 Å². The molecule has 0 saturated carbocycles. The second-order valence-electron chi connectivity index (χ2n) is 7.63. The van der Waals surface area contributed by atoms with Crippen LogP contribution in [0.1, 0.15) is 19.4 Å². The largest absolute Gasteiger partial charge is 0.382 e. The Morgan fingerprint density at radius 1 is 1.09 bits per heavy atom. The first kappa shape index (κ1) is 20.1. The molecule has 0 spiro atoms. The van der Waals surface area contributed by atoms with E-state index in [1.807, 2.05) is 51.9 Å². The van der Waals surface area contributed by atoms with Gasteiger partial charge in [0.05, 0.1) is 28.7 Å². The standard InChI is InChI=1S/C23H22N8S/c1-15(2)27-19-11-20(21-7-6-17-10-16(12-24-3)13-26-31(17)21)25-14-18(19)22-28-29-23(32-22)30-8-4-5-9-30/h4-15H,1-3H3,(H,25,27). The van der Waals surface area contributed by atoms with Gasteiger partial charge in [0.2, 0.25) is 5.13 Å². The zero-order valence-electron chi connectivity index (χ0n) is 18.0. The molecule has 0 radical (unpaired) electrons. The lowest BCUT2D eigenvalue weighted by Crippen LogP contribution is -2.11. The summed E-state index contributed by atoms with van der Waals surface area (Å²) in [6.45, 7) is 4.22. The highest BCUT2D eigenvalue weighted by Crippen LogP contribution is 2.34. The molecule has 0 aliphatic carbocycles. The minimum atomic E-state index is 0.249. The van der Waals surface area contributed by atoms with Crippen molar-refractivity contribution < 1.29 is 0 Å². The van der Waals surface area contributed by atoms with E-state index in [2.05, 4.69) is 51.6 Å². The number of fused-ring (bicyclic) bond motifs is 1. The van der Waals surface area contributed by atoms with Crippen LogP contribution >= 0.6 is 11.3 Å². The maximum absolute atomic E-state index is 4.75. The molecule has 0 aromatic carbocycles. The van der Waals surface area contributed by atoms with Gasteiger partial charge in [0.1, 0.15) is 0 Å². The molecule has 0 fully saturated rings. The van der Waals surface area contributed by atoms with E-state index >= 15 is 0 Å². The average molecular weight is 443 g/mol. The van der Waals surface area contributed by atoms with Gasteiger partial charge in [-0.25, -0.2) is 4.52 Å². The van der Waals surface area contributed by atoms with Crippen molar-refractivity contribution in [2.45, 2.75) is 19.9 Å². The van der Waals surface area contributed by atoms with Crippen molar-refractivity contribution in [2.75, 3.05) is 12.4 Å². The average Bonchev–Trinajstić information content (AvgIpc) is 3.53. The minimum absolute atomic E-state index is 0.249. The summed E-state index contributed by atoms with van der Waals surface area (Å²) in [5.74, 6) is 0. The molecule has 5 rings (SSSR count). The number of hydrogen-bond acceptors (Lipinski definition) is 7. The Balaban J connectivity index is 1.56. The summed E-state index contributed by atoms with van der Waals surface area (Å²) in [5.41, 5.74) is 5.59. The van der Waals surface area contributed by atoms with E-state index in [4.69, 9.17) is 4.98 Å². The number of nitrogens with zero attached hydrogens (tertiary/aromatic N) is 7. The fourth-order valence-electron chi connectivity index (χ4n) is 3.52. The first-order valence-electron chi connectivity index (χ1n) is 10.3. The SMILES string of the molecule is CN=Cc1cnn2c(-c3cc(NC(C)C)c(-c4nnc(-n5cccc5)s4)cn3)ccc2c1. The van der Waals surface area contributed by atoms with E-state index in [0.717, 1.165) is 43.9 Å². The van der Waals surface area contributed by atoms with Crippen LogP contribution in [0.5, 0.6) is 0 Å². The maximum Gasteiger partial charge on any atom is 0.216 e. The number of anilines is 1.